The zero-order chi connectivity index (χ0) is 13.0. The molecule has 0 fully saturated rings. The molecule has 0 aliphatic heterocycles. The molecule has 2 heteroatoms. The first-order valence-corrected chi connectivity index (χ1v) is 6.87. The van der Waals surface area contributed by atoms with Crippen LogP contribution in [0.1, 0.15) is 34.8 Å². The van der Waals surface area contributed by atoms with Crippen molar-refractivity contribution >= 4 is 16.8 Å². The Bertz CT molecular complexity index is 700. The van der Waals surface area contributed by atoms with Gasteiger partial charge in [0.25, 0.3) is 0 Å². The summed E-state index contributed by atoms with van der Waals surface area (Å²) in [6.45, 7) is 0. The van der Waals surface area contributed by atoms with Gasteiger partial charge in [-0.15, -0.1) is 0 Å². The number of hydrogen-bond donors (Lipinski definition) is 2. The Morgan fingerprint density at radius 1 is 0.947 bits per heavy atom. The topological polar surface area (TPSA) is 40.5 Å². The van der Waals surface area contributed by atoms with Crippen molar-refractivity contribution in [3.63, 3.8) is 0 Å². The molecule has 2 aliphatic carbocycles. The number of benzene rings is 2. The molecule has 2 nitrogen and oxygen atoms in total. The molecule has 96 valence electrons. The molecule has 0 aromatic heterocycles. The van der Waals surface area contributed by atoms with Crippen molar-refractivity contribution < 1.29 is 10.2 Å². The van der Waals surface area contributed by atoms with E-state index in [1.165, 1.54) is 34.7 Å². The van der Waals surface area contributed by atoms with Crippen LogP contribution < -0.4 is 0 Å². The first kappa shape index (κ1) is 11.2. The molecule has 0 unspecified atom stereocenters. The Morgan fingerprint density at radius 2 is 1.79 bits per heavy atom. The van der Waals surface area contributed by atoms with Gasteiger partial charge in [0.05, 0.1) is 0 Å². The number of fused-ring (bicyclic) bond motifs is 5. The summed E-state index contributed by atoms with van der Waals surface area (Å²) in [4.78, 5) is 0. The monoisotopic (exact) mass is 252 g/mol. The molecular formula is C17H16O2. The molecule has 2 aromatic carbocycles. The summed E-state index contributed by atoms with van der Waals surface area (Å²) in [6, 6.07) is 8.45. The lowest BCUT2D eigenvalue weighted by atomic mass is 9.87. The molecule has 0 radical (unpaired) electrons. The Morgan fingerprint density at radius 3 is 2.68 bits per heavy atom. The highest BCUT2D eigenvalue weighted by Crippen LogP contribution is 2.37. The van der Waals surface area contributed by atoms with Crippen molar-refractivity contribution in [2.75, 3.05) is 0 Å². The van der Waals surface area contributed by atoms with Crippen LogP contribution in [-0.4, -0.2) is 16.3 Å². The van der Waals surface area contributed by atoms with Gasteiger partial charge in [-0.1, -0.05) is 36.4 Å². The molecule has 2 aliphatic rings. The first-order valence-electron chi connectivity index (χ1n) is 6.87. The standard InChI is InChI=1S/C17H16O2/c18-16-9-8-14-13-5-4-10-2-1-3-11(10)12(13)6-7-15(14)17(16)19/h4-9,16-19H,1-3H2/t16-,17-/m1/s1. The second kappa shape index (κ2) is 3.92. The van der Waals surface area contributed by atoms with Gasteiger partial charge in [0.15, 0.2) is 0 Å². The third-order valence-corrected chi connectivity index (χ3v) is 4.46. The minimum Gasteiger partial charge on any atom is -0.386 e. The number of aryl methyl sites for hydroxylation is 2. The molecule has 0 heterocycles. The Balaban J connectivity index is 2.04. The van der Waals surface area contributed by atoms with Crippen LogP contribution in [0.4, 0.5) is 0 Å². The number of hydrogen-bond acceptors (Lipinski definition) is 2. The van der Waals surface area contributed by atoms with Crippen molar-refractivity contribution in [1.29, 1.82) is 0 Å². The largest absolute Gasteiger partial charge is 0.386 e. The SMILES string of the molecule is O[C@@H]1C=Cc2c(ccc3c4c(ccc23)CCC4)[C@H]1O. The van der Waals surface area contributed by atoms with Gasteiger partial charge in [0, 0.05) is 0 Å². The van der Waals surface area contributed by atoms with E-state index < -0.39 is 12.2 Å². The predicted molar refractivity (Wildman–Crippen MR) is 76.0 cm³/mol. The third-order valence-electron chi connectivity index (χ3n) is 4.46. The van der Waals surface area contributed by atoms with Crippen LogP contribution >= 0.6 is 0 Å². The van der Waals surface area contributed by atoms with Crippen molar-refractivity contribution in [3.05, 3.63) is 52.6 Å². The van der Waals surface area contributed by atoms with E-state index in [0.29, 0.717) is 0 Å². The summed E-state index contributed by atoms with van der Waals surface area (Å²) in [7, 11) is 0. The molecule has 2 N–H and O–H groups in total. The van der Waals surface area contributed by atoms with Gasteiger partial charge in [-0.2, -0.15) is 0 Å². The van der Waals surface area contributed by atoms with E-state index in [2.05, 4.69) is 18.2 Å². The predicted octanol–water partition coefficient (Wildman–Crippen LogP) is 2.75. The van der Waals surface area contributed by atoms with Crippen LogP contribution in [0.15, 0.2) is 30.3 Å². The zero-order valence-electron chi connectivity index (χ0n) is 10.6. The number of aliphatic hydroxyl groups is 2. The van der Waals surface area contributed by atoms with E-state index in [9.17, 15) is 10.2 Å². The maximum Gasteiger partial charge on any atom is 0.109 e. The third kappa shape index (κ3) is 1.50. The Labute approximate surface area is 112 Å². The molecule has 19 heavy (non-hydrogen) atoms. The zero-order valence-corrected chi connectivity index (χ0v) is 10.6. The molecule has 2 atom stereocenters. The number of aliphatic hydroxyl groups excluding tert-OH is 2. The average Bonchev–Trinajstić information content (AvgIpc) is 2.91. The lowest BCUT2D eigenvalue weighted by molar-refractivity contribution is 0.0471. The lowest BCUT2D eigenvalue weighted by Gasteiger charge is -2.23. The molecule has 0 amide bonds. The van der Waals surface area contributed by atoms with Crippen molar-refractivity contribution in [2.24, 2.45) is 0 Å². The normalized spacial score (nSPS) is 24.5. The summed E-state index contributed by atoms with van der Waals surface area (Å²) in [6.07, 6.45) is 5.59. The maximum absolute atomic E-state index is 10.1. The van der Waals surface area contributed by atoms with Gasteiger partial charge in [0.2, 0.25) is 0 Å². The van der Waals surface area contributed by atoms with Crippen molar-refractivity contribution in [3.8, 4) is 0 Å². The molecule has 0 spiro atoms. The summed E-state index contributed by atoms with van der Waals surface area (Å²) >= 11 is 0. The van der Waals surface area contributed by atoms with Gasteiger partial charge in [-0.3, -0.25) is 0 Å². The maximum atomic E-state index is 10.1. The van der Waals surface area contributed by atoms with E-state index in [0.717, 1.165) is 17.5 Å². The van der Waals surface area contributed by atoms with Crippen LogP contribution in [0, 0.1) is 0 Å². The minimum absolute atomic E-state index is 0.792. The fraction of sp³-hybridized carbons (Fsp3) is 0.294. The fourth-order valence-corrected chi connectivity index (χ4v) is 3.47. The van der Waals surface area contributed by atoms with E-state index in [1.54, 1.807) is 6.08 Å². The summed E-state index contributed by atoms with van der Waals surface area (Å²) in [5.41, 5.74) is 4.83. The van der Waals surface area contributed by atoms with Crippen LogP contribution in [-0.2, 0) is 12.8 Å². The highest BCUT2D eigenvalue weighted by atomic mass is 16.3. The second-order valence-electron chi connectivity index (χ2n) is 5.51. The summed E-state index contributed by atoms with van der Waals surface area (Å²) < 4.78 is 0. The first-order chi connectivity index (χ1) is 9.25. The van der Waals surface area contributed by atoms with Gasteiger partial charge >= 0.3 is 0 Å². The second-order valence-corrected chi connectivity index (χ2v) is 5.51. The van der Waals surface area contributed by atoms with E-state index in [1.807, 2.05) is 12.1 Å². The van der Waals surface area contributed by atoms with E-state index in [-0.39, 0.29) is 0 Å². The average molecular weight is 252 g/mol. The fourth-order valence-electron chi connectivity index (χ4n) is 3.47. The van der Waals surface area contributed by atoms with Gasteiger partial charge in [0.1, 0.15) is 12.2 Å². The van der Waals surface area contributed by atoms with Gasteiger partial charge in [-0.25, -0.2) is 0 Å². The molecule has 2 aromatic rings. The van der Waals surface area contributed by atoms with E-state index >= 15 is 0 Å². The molecule has 0 saturated heterocycles. The molecule has 4 rings (SSSR count). The highest BCUT2D eigenvalue weighted by Gasteiger charge is 2.24. The van der Waals surface area contributed by atoms with Crippen LogP contribution in [0.3, 0.4) is 0 Å². The molecular weight excluding hydrogens is 236 g/mol. The minimum atomic E-state index is -0.808. The smallest absolute Gasteiger partial charge is 0.109 e. The quantitative estimate of drug-likeness (QED) is 0.757. The van der Waals surface area contributed by atoms with Crippen LogP contribution in [0.25, 0.3) is 16.8 Å². The van der Waals surface area contributed by atoms with Crippen LogP contribution in [0.5, 0.6) is 0 Å². The summed E-state index contributed by atoms with van der Waals surface area (Å²) in [5, 5.41) is 22.3. The van der Waals surface area contributed by atoms with Gasteiger partial charge < -0.3 is 10.2 Å². The molecule has 0 bridgehead atoms. The van der Waals surface area contributed by atoms with Crippen molar-refractivity contribution in [2.45, 2.75) is 31.5 Å². The van der Waals surface area contributed by atoms with Crippen LogP contribution in [0.2, 0.25) is 0 Å². The number of rotatable bonds is 0. The van der Waals surface area contributed by atoms with Gasteiger partial charge in [-0.05, 0) is 52.3 Å². The van der Waals surface area contributed by atoms with Crippen molar-refractivity contribution in [1.82, 2.24) is 0 Å². The highest BCUT2D eigenvalue weighted by molar-refractivity contribution is 5.95. The van der Waals surface area contributed by atoms with E-state index in [4.69, 9.17) is 0 Å². The lowest BCUT2D eigenvalue weighted by Crippen LogP contribution is -2.19. The Hall–Kier alpha value is -1.64. The summed E-state index contributed by atoms with van der Waals surface area (Å²) in [5.74, 6) is 0. The molecule has 0 saturated carbocycles. The Kier molecular flexibility index (Phi) is 2.32.